The van der Waals surface area contributed by atoms with Gasteiger partial charge in [-0.25, -0.2) is 0 Å². The van der Waals surface area contributed by atoms with Crippen LogP contribution in [-0.4, -0.2) is 57.5 Å². The first-order valence-electron chi connectivity index (χ1n) is 5.58. The number of nitrogens with zero attached hydrogens (tertiary/aromatic N) is 3. The highest BCUT2D eigenvalue weighted by Gasteiger charge is 2.36. The minimum atomic E-state index is -0.489. The molecule has 8 heteroatoms. The minimum Gasteiger partial charge on any atom is -0.394 e. The number of aliphatic hydroxyl groups is 1. The predicted octanol–water partition coefficient (Wildman–Crippen LogP) is -0.268. The van der Waals surface area contributed by atoms with Gasteiger partial charge in [-0.2, -0.15) is 0 Å². The topological polar surface area (TPSA) is 102 Å². The molecule has 1 aliphatic heterocycles. The summed E-state index contributed by atoms with van der Waals surface area (Å²) in [5, 5.41) is 17.1. The van der Waals surface area contributed by atoms with Crippen LogP contribution in [0.4, 0.5) is 5.13 Å². The maximum atomic E-state index is 12.2. The van der Waals surface area contributed by atoms with Crippen LogP contribution in [0, 0.1) is 0 Å². The van der Waals surface area contributed by atoms with Gasteiger partial charge >= 0.3 is 0 Å². The van der Waals surface area contributed by atoms with Crippen molar-refractivity contribution in [2.24, 2.45) is 0 Å². The molecule has 0 aliphatic carbocycles. The monoisotopic (exact) mass is 272 g/mol. The van der Waals surface area contributed by atoms with Gasteiger partial charge in [0.15, 0.2) is 0 Å². The Kier molecular flexibility index (Phi) is 3.51. The first-order chi connectivity index (χ1) is 8.41. The fraction of sp³-hybridized carbons (Fsp3) is 0.700. The standard InChI is InChI=1S/C10H16N4O3S/c1-10(2)5-14(3-6(4-15)17-10)8(16)7-12-13-9(11)18-7/h6,15H,3-5H2,1-2H3,(H2,11,13). The highest BCUT2D eigenvalue weighted by molar-refractivity contribution is 7.16. The van der Waals surface area contributed by atoms with Gasteiger partial charge in [-0.3, -0.25) is 4.79 Å². The highest BCUT2D eigenvalue weighted by Crippen LogP contribution is 2.23. The summed E-state index contributed by atoms with van der Waals surface area (Å²) in [6.07, 6.45) is -0.372. The molecule has 0 radical (unpaired) electrons. The van der Waals surface area contributed by atoms with Crippen LogP contribution in [-0.2, 0) is 4.74 Å². The molecule has 1 unspecified atom stereocenters. The third-order valence-electron chi connectivity index (χ3n) is 2.60. The van der Waals surface area contributed by atoms with Crippen LogP contribution < -0.4 is 5.73 Å². The van der Waals surface area contributed by atoms with Crippen molar-refractivity contribution in [2.45, 2.75) is 25.6 Å². The van der Waals surface area contributed by atoms with Crippen molar-refractivity contribution in [2.75, 3.05) is 25.4 Å². The molecular weight excluding hydrogens is 256 g/mol. The largest absolute Gasteiger partial charge is 0.394 e. The molecule has 0 bridgehead atoms. The number of ether oxygens (including phenoxy) is 1. The van der Waals surface area contributed by atoms with E-state index in [4.69, 9.17) is 10.5 Å². The molecule has 1 saturated heterocycles. The number of carbonyl (C=O) groups is 1. The van der Waals surface area contributed by atoms with E-state index in [1.54, 1.807) is 4.90 Å². The first-order valence-corrected chi connectivity index (χ1v) is 6.40. The van der Waals surface area contributed by atoms with Crippen molar-refractivity contribution in [3.8, 4) is 0 Å². The first kappa shape index (κ1) is 13.2. The zero-order valence-corrected chi connectivity index (χ0v) is 11.1. The van der Waals surface area contributed by atoms with E-state index in [0.717, 1.165) is 11.3 Å². The van der Waals surface area contributed by atoms with Crippen molar-refractivity contribution in [3.63, 3.8) is 0 Å². The van der Waals surface area contributed by atoms with Gasteiger partial charge in [0.1, 0.15) is 0 Å². The van der Waals surface area contributed by atoms with Gasteiger partial charge in [0, 0.05) is 13.1 Å². The molecule has 0 saturated carbocycles. The summed E-state index contributed by atoms with van der Waals surface area (Å²) in [4.78, 5) is 13.8. The molecule has 0 aromatic carbocycles. The number of aliphatic hydroxyl groups excluding tert-OH is 1. The van der Waals surface area contributed by atoms with Crippen LogP contribution in [0.15, 0.2) is 0 Å². The Labute approximate surface area is 109 Å². The van der Waals surface area contributed by atoms with E-state index in [2.05, 4.69) is 10.2 Å². The summed E-state index contributed by atoms with van der Waals surface area (Å²) in [5.74, 6) is -0.223. The van der Waals surface area contributed by atoms with Crippen LogP contribution in [0.2, 0.25) is 0 Å². The predicted molar refractivity (Wildman–Crippen MR) is 66.3 cm³/mol. The minimum absolute atomic E-state index is 0.120. The van der Waals surface area contributed by atoms with Crippen LogP contribution in [0.5, 0.6) is 0 Å². The molecule has 1 aliphatic rings. The fourth-order valence-electron chi connectivity index (χ4n) is 2.00. The number of amides is 1. The van der Waals surface area contributed by atoms with E-state index >= 15 is 0 Å². The number of anilines is 1. The third-order valence-corrected chi connectivity index (χ3v) is 3.34. The summed E-state index contributed by atoms with van der Waals surface area (Å²) >= 11 is 1.06. The van der Waals surface area contributed by atoms with Gasteiger partial charge in [-0.05, 0) is 13.8 Å². The maximum absolute atomic E-state index is 12.2. The molecule has 1 atom stereocenters. The van der Waals surface area contributed by atoms with Crippen molar-refractivity contribution in [1.29, 1.82) is 0 Å². The van der Waals surface area contributed by atoms with E-state index < -0.39 is 5.60 Å². The van der Waals surface area contributed by atoms with E-state index in [-0.39, 0.29) is 28.8 Å². The maximum Gasteiger partial charge on any atom is 0.285 e. The number of carbonyl (C=O) groups excluding carboxylic acids is 1. The molecular formula is C10H16N4O3S. The molecule has 2 heterocycles. The lowest BCUT2D eigenvalue weighted by atomic mass is 10.1. The normalized spacial score (nSPS) is 23.1. The Morgan fingerprint density at radius 1 is 1.67 bits per heavy atom. The zero-order valence-electron chi connectivity index (χ0n) is 10.3. The Morgan fingerprint density at radius 2 is 2.39 bits per heavy atom. The average Bonchev–Trinajstić information content (AvgIpc) is 2.72. The lowest BCUT2D eigenvalue weighted by Crippen LogP contribution is -2.55. The smallest absolute Gasteiger partial charge is 0.285 e. The molecule has 0 spiro atoms. The van der Waals surface area contributed by atoms with Crippen molar-refractivity contribution >= 4 is 22.4 Å². The molecule has 1 aromatic rings. The number of morpholine rings is 1. The van der Waals surface area contributed by atoms with Gasteiger partial charge in [-0.1, -0.05) is 11.3 Å². The SMILES string of the molecule is CC1(C)CN(C(=O)c2nnc(N)s2)CC(CO)O1. The third kappa shape index (κ3) is 2.77. The molecule has 1 aromatic heterocycles. The molecule has 100 valence electrons. The second-order valence-electron chi connectivity index (χ2n) is 4.81. The van der Waals surface area contributed by atoms with Crippen LogP contribution in [0.25, 0.3) is 0 Å². The van der Waals surface area contributed by atoms with Crippen molar-refractivity contribution in [3.05, 3.63) is 5.01 Å². The van der Waals surface area contributed by atoms with Gasteiger partial charge in [0.2, 0.25) is 10.1 Å². The van der Waals surface area contributed by atoms with E-state index in [1.807, 2.05) is 13.8 Å². The lowest BCUT2D eigenvalue weighted by Gasteiger charge is -2.41. The van der Waals surface area contributed by atoms with Crippen molar-refractivity contribution < 1.29 is 14.6 Å². The summed E-state index contributed by atoms with van der Waals surface area (Å²) < 4.78 is 5.64. The highest BCUT2D eigenvalue weighted by atomic mass is 32.1. The van der Waals surface area contributed by atoms with Crippen LogP contribution in [0.3, 0.4) is 0 Å². The molecule has 18 heavy (non-hydrogen) atoms. The number of nitrogen functional groups attached to an aromatic ring is 1. The summed E-state index contributed by atoms with van der Waals surface area (Å²) in [7, 11) is 0. The number of rotatable bonds is 2. The van der Waals surface area contributed by atoms with E-state index in [1.165, 1.54) is 0 Å². The second-order valence-corrected chi connectivity index (χ2v) is 5.82. The number of hydrogen-bond acceptors (Lipinski definition) is 7. The Hall–Kier alpha value is -1.25. The molecule has 7 nitrogen and oxygen atoms in total. The quantitative estimate of drug-likeness (QED) is 0.768. The summed E-state index contributed by atoms with van der Waals surface area (Å²) in [6, 6.07) is 0. The van der Waals surface area contributed by atoms with Crippen LogP contribution in [0.1, 0.15) is 23.6 Å². The van der Waals surface area contributed by atoms with Gasteiger partial charge < -0.3 is 20.5 Å². The Balaban J connectivity index is 2.14. The lowest BCUT2D eigenvalue weighted by molar-refractivity contribution is -0.139. The van der Waals surface area contributed by atoms with Crippen molar-refractivity contribution in [1.82, 2.24) is 15.1 Å². The van der Waals surface area contributed by atoms with E-state index in [9.17, 15) is 9.90 Å². The fourth-order valence-corrected chi connectivity index (χ4v) is 2.58. The summed E-state index contributed by atoms with van der Waals surface area (Å²) in [5.41, 5.74) is 4.97. The molecule has 3 N–H and O–H groups in total. The number of aromatic nitrogens is 2. The number of hydrogen-bond donors (Lipinski definition) is 2. The van der Waals surface area contributed by atoms with Gasteiger partial charge in [0.05, 0.1) is 18.3 Å². The Morgan fingerprint density at radius 3 is 2.94 bits per heavy atom. The molecule has 2 rings (SSSR count). The summed E-state index contributed by atoms with van der Waals surface area (Å²) in [6.45, 7) is 4.43. The van der Waals surface area contributed by atoms with E-state index in [0.29, 0.717) is 13.1 Å². The zero-order chi connectivity index (χ0) is 13.3. The average molecular weight is 272 g/mol. The second kappa shape index (κ2) is 4.79. The van der Waals surface area contributed by atoms with Gasteiger partial charge in [-0.15, -0.1) is 10.2 Å². The molecule has 1 fully saturated rings. The number of nitrogens with two attached hydrogens (primary N) is 1. The van der Waals surface area contributed by atoms with Crippen LogP contribution >= 0.6 is 11.3 Å². The molecule has 1 amide bonds. The Bertz CT molecular complexity index is 448. The van der Waals surface area contributed by atoms with Gasteiger partial charge in [0.25, 0.3) is 5.91 Å².